The van der Waals surface area contributed by atoms with Gasteiger partial charge >= 0.3 is 0 Å². The summed E-state index contributed by atoms with van der Waals surface area (Å²) in [6.45, 7) is 17.0. The minimum atomic E-state index is 0.685. The summed E-state index contributed by atoms with van der Waals surface area (Å²) in [6, 6.07) is 16.1. The highest BCUT2D eigenvalue weighted by Gasteiger charge is 2.22. The molecule has 2 aliphatic rings. The number of piperidine rings is 2. The van der Waals surface area contributed by atoms with Crippen LogP contribution >= 0.6 is 0 Å². The van der Waals surface area contributed by atoms with Crippen LogP contribution in [-0.2, 0) is 6.54 Å². The first kappa shape index (κ1) is 21.2. The monoisotopic (exact) mass is 402 g/mol. The number of hydrogen-bond donors (Lipinski definition) is 0. The van der Waals surface area contributed by atoms with E-state index in [9.17, 15) is 0 Å². The van der Waals surface area contributed by atoms with Gasteiger partial charge in [0.1, 0.15) is 0 Å². The molecule has 0 N–H and O–H groups in total. The van der Waals surface area contributed by atoms with Crippen LogP contribution in [0.1, 0.15) is 66.3 Å². The van der Waals surface area contributed by atoms with Gasteiger partial charge in [-0.15, -0.1) is 0 Å². The van der Waals surface area contributed by atoms with Crippen molar-refractivity contribution in [3.05, 3.63) is 76.9 Å². The quantitative estimate of drug-likeness (QED) is 0.572. The van der Waals surface area contributed by atoms with Crippen molar-refractivity contribution in [1.82, 2.24) is 9.80 Å². The molecule has 0 unspecified atom stereocenters. The van der Waals surface area contributed by atoms with Crippen molar-refractivity contribution in [3.8, 4) is 0 Å². The minimum Gasteiger partial charge on any atom is -0.371 e. The first-order valence-corrected chi connectivity index (χ1v) is 11.8. The molecular weight excluding hydrogens is 364 g/mol. The molecular formula is C28H38N2. The molecule has 2 heterocycles. The fourth-order valence-electron chi connectivity index (χ4n) is 4.99. The van der Waals surface area contributed by atoms with Crippen molar-refractivity contribution >= 4 is 5.70 Å². The highest BCUT2D eigenvalue weighted by atomic mass is 15.1. The van der Waals surface area contributed by atoms with Gasteiger partial charge in [-0.3, -0.25) is 4.90 Å². The molecule has 2 saturated heterocycles. The van der Waals surface area contributed by atoms with Gasteiger partial charge in [0, 0.05) is 25.3 Å². The van der Waals surface area contributed by atoms with Gasteiger partial charge in [0.25, 0.3) is 0 Å². The minimum absolute atomic E-state index is 0.685. The van der Waals surface area contributed by atoms with Crippen molar-refractivity contribution in [2.45, 2.75) is 58.9 Å². The molecule has 2 heteroatoms. The van der Waals surface area contributed by atoms with Crippen LogP contribution in [0.2, 0.25) is 0 Å². The molecule has 0 saturated carbocycles. The molecule has 0 amide bonds. The van der Waals surface area contributed by atoms with Gasteiger partial charge in [-0.2, -0.15) is 0 Å². The van der Waals surface area contributed by atoms with E-state index in [0.717, 1.165) is 25.6 Å². The Balaban J connectivity index is 1.38. The lowest BCUT2D eigenvalue weighted by molar-refractivity contribution is 0.185. The molecule has 0 bridgehead atoms. The predicted molar refractivity (Wildman–Crippen MR) is 129 cm³/mol. The fourth-order valence-corrected chi connectivity index (χ4v) is 4.99. The third-order valence-electron chi connectivity index (χ3n) is 7.38. The zero-order valence-corrected chi connectivity index (χ0v) is 19.2. The molecule has 0 aliphatic carbocycles. The molecule has 4 rings (SSSR count). The van der Waals surface area contributed by atoms with Crippen molar-refractivity contribution < 1.29 is 0 Å². The Morgan fingerprint density at radius 3 is 2.23 bits per heavy atom. The zero-order valence-electron chi connectivity index (χ0n) is 19.2. The molecule has 0 spiro atoms. The largest absolute Gasteiger partial charge is 0.371 e. The average molecular weight is 403 g/mol. The van der Waals surface area contributed by atoms with E-state index in [0.29, 0.717) is 5.92 Å². The average Bonchev–Trinajstić information content (AvgIpc) is 2.77. The maximum absolute atomic E-state index is 4.50. The van der Waals surface area contributed by atoms with Crippen LogP contribution in [0, 0.1) is 19.8 Å². The lowest BCUT2D eigenvalue weighted by Gasteiger charge is -2.35. The molecule has 2 aromatic carbocycles. The molecule has 0 atom stereocenters. The van der Waals surface area contributed by atoms with Crippen LogP contribution in [0.15, 0.2) is 49.0 Å². The summed E-state index contributed by atoms with van der Waals surface area (Å²) in [7, 11) is 0. The number of benzene rings is 2. The Morgan fingerprint density at radius 1 is 0.900 bits per heavy atom. The first-order chi connectivity index (χ1) is 14.5. The number of rotatable bonds is 5. The SMILES string of the molecule is C=C(c1ccc(C)c(CN2CCC(C)CC2)c1)N1CCC(c2ccc(C)cc2)CC1. The number of aryl methyl sites for hydroxylation is 2. The molecule has 2 aliphatic heterocycles. The third-order valence-corrected chi connectivity index (χ3v) is 7.38. The second-order valence-corrected chi connectivity index (χ2v) is 9.72. The van der Waals surface area contributed by atoms with Crippen LogP contribution in [0.4, 0.5) is 0 Å². The van der Waals surface area contributed by atoms with Crippen LogP contribution < -0.4 is 0 Å². The highest BCUT2D eigenvalue weighted by molar-refractivity contribution is 5.63. The lowest BCUT2D eigenvalue weighted by atomic mass is 9.88. The van der Waals surface area contributed by atoms with Gasteiger partial charge in [0.15, 0.2) is 0 Å². The van der Waals surface area contributed by atoms with Gasteiger partial charge in [-0.05, 0) is 92.8 Å². The lowest BCUT2D eigenvalue weighted by Crippen LogP contribution is -2.33. The van der Waals surface area contributed by atoms with Crippen molar-refractivity contribution in [2.75, 3.05) is 26.2 Å². The maximum atomic E-state index is 4.50. The predicted octanol–water partition coefficient (Wildman–Crippen LogP) is 6.39. The second kappa shape index (κ2) is 9.39. The number of likely N-dealkylation sites (tertiary alicyclic amines) is 2. The third kappa shape index (κ3) is 4.98. The smallest absolute Gasteiger partial charge is 0.0366 e. The normalized spacial score (nSPS) is 19.2. The first-order valence-electron chi connectivity index (χ1n) is 11.8. The van der Waals surface area contributed by atoms with Gasteiger partial charge < -0.3 is 4.90 Å². The van der Waals surface area contributed by atoms with Crippen LogP contribution in [0.25, 0.3) is 5.70 Å². The molecule has 30 heavy (non-hydrogen) atoms. The van der Waals surface area contributed by atoms with Gasteiger partial charge in [0.2, 0.25) is 0 Å². The number of hydrogen-bond acceptors (Lipinski definition) is 2. The standard InChI is InChI=1S/C28H38N2/c1-21-5-8-25(9-6-21)26-13-17-30(18-14-26)24(4)27-10-7-23(3)28(19-27)20-29-15-11-22(2)12-16-29/h5-10,19,22,26H,4,11-18,20H2,1-3H3. The molecule has 2 nitrogen and oxygen atoms in total. The topological polar surface area (TPSA) is 6.48 Å². The summed E-state index contributed by atoms with van der Waals surface area (Å²) in [5.41, 5.74) is 8.22. The van der Waals surface area contributed by atoms with E-state index in [1.54, 1.807) is 0 Å². The Hall–Kier alpha value is -2.06. The Morgan fingerprint density at radius 2 is 1.57 bits per heavy atom. The van der Waals surface area contributed by atoms with E-state index < -0.39 is 0 Å². The Labute approximate surface area is 183 Å². The summed E-state index contributed by atoms with van der Waals surface area (Å²) in [6.07, 6.45) is 5.10. The van der Waals surface area contributed by atoms with Crippen molar-refractivity contribution in [2.24, 2.45) is 5.92 Å². The summed E-state index contributed by atoms with van der Waals surface area (Å²) in [4.78, 5) is 5.13. The highest BCUT2D eigenvalue weighted by Crippen LogP contribution is 2.32. The number of nitrogens with zero attached hydrogens (tertiary/aromatic N) is 2. The molecule has 2 fully saturated rings. The Kier molecular flexibility index (Phi) is 6.63. The fraction of sp³-hybridized carbons (Fsp3) is 0.500. The van der Waals surface area contributed by atoms with Crippen molar-refractivity contribution in [1.29, 1.82) is 0 Å². The second-order valence-electron chi connectivity index (χ2n) is 9.72. The summed E-state index contributed by atoms with van der Waals surface area (Å²) in [5.74, 6) is 1.57. The van der Waals surface area contributed by atoms with Gasteiger partial charge in [-0.1, -0.05) is 55.5 Å². The van der Waals surface area contributed by atoms with Crippen LogP contribution in [-0.4, -0.2) is 36.0 Å². The van der Waals surface area contributed by atoms with Crippen LogP contribution in [0.5, 0.6) is 0 Å². The maximum Gasteiger partial charge on any atom is 0.0366 e. The summed E-state index contributed by atoms with van der Waals surface area (Å²) >= 11 is 0. The van der Waals surface area contributed by atoms with E-state index in [1.165, 1.54) is 72.3 Å². The molecule has 2 aromatic rings. The van der Waals surface area contributed by atoms with E-state index in [1.807, 2.05) is 0 Å². The van der Waals surface area contributed by atoms with Gasteiger partial charge in [-0.25, -0.2) is 0 Å². The summed E-state index contributed by atoms with van der Waals surface area (Å²) in [5, 5.41) is 0. The molecule has 0 radical (unpaired) electrons. The molecule has 160 valence electrons. The van der Waals surface area contributed by atoms with E-state index in [4.69, 9.17) is 0 Å². The van der Waals surface area contributed by atoms with E-state index in [-0.39, 0.29) is 0 Å². The molecule has 0 aromatic heterocycles. The van der Waals surface area contributed by atoms with Crippen LogP contribution in [0.3, 0.4) is 0 Å². The zero-order chi connectivity index (χ0) is 21.1. The Bertz CT molecular complexity index is 851. The van der Waals surface area contributed by atoms with Crippen molar-refractivity contribution in [3.63, 3.8) is 0 Å². The van der Waals surface area contributed by atoms with E-state index in [2.05, 4.69) is 79.6 Å². The van der Waals surface area contributed by atoms with E-state index >= 15 is 0 Å². The van der Waals surface area contributed by atoms with Gasteiger partial charge in [0.05, 0.1) is 0 Å². The summed E-state index contributed by atoms with van der Waals surface area (Å²) < 4.78 is 0.